The number of alkyl halides is 3. The maximum Gasteiger partial charge on any atom is 0.451 e. The standard InChI is InChI=1S/C13H18F3N7O/c1-6(12(3,4)5)17-9(24)8-18-7(2)23(22-8)11-19-10(20-21-11)13(14,15)16/h6H,1-5H3,(H,17,24)(H,19,20,21)/t6-/m1/s1. The van der Waals surface area contributed by atoms with Crippen LogP contribution in [0.4, 0.5) is 13.2 Å². The molecule has 0 saturated carbocycles. The van der Waals surface area contributed by atoms with Gasteiger partial charge < -0.3 is 5.32 Å². The number of hydrogen-bond acceptors (Lipinski definition) is 5. The molecule has 2 N–H and O–H groups in total. The molecule has 0 fully saturated rings. The van der Waals surface area contributed by atoms with Crippen LogP contribution in [-0.2, 0) is 6.18 Å². The molecule has 2 aromatic rings. The minimum atomic E-state index is -4.65. The second-order valence-electron chi connectivity index (χ2n) is 6.44. The minimum absolute atomic E-state index is 0.155. The summed E-state index contributed by atoms with van der Waals surface area (Å²) in [4.78, 5) is 19.5. The lowest BCUT2D eigenvalue weighted by Crippen LogP contribution is -2.41. The predicted molar refractivity (Wildman–Crippen MR) is 77.4 cm³/mol. The summed E-state index contributed by atoms with van der Waals surface area (Å²) in [7, 11) is 0. The molecule has 0 bridgehead atoms. The number of nitrogens with zero attached hydrogens (tertiary/aromatic N) is 5. The van der Waals surface area contributed by atoms with E-state index in [4.69, 9.17) is 0 Å². The van der Waals surface area contributed by atoms with Gasteiger partial charge in [-0.05, 0) is 19.3 Å². The molecule has 8 nitrogen and oxygen atoms in total. The van der Waals surface area contributed by atoms with Crippen LogP contribution in [0, 0.1) is 12.3 Å². The van der Waals surface area contributed by atoms with E-state index in [1.807, 2.05) is 27.7 Å². The van der Waals surface area contributed by atoms with Gasteiger partial charge in [0.25, 0.3) is 11.9 Å². The van der Waals surface area contributed by atoms with Crippen LogP contribution in [0.25, 0.3) is 5.95 Å². The number of carbonyl (C=O) groups is 1. The lowest BCUT2D eigenvalue weighted by molar-refractivity contribution is -0.144. The molecule has 0 radical (unpaired) electrons. The zero-order chi connectivity index (χ0) is 18.3. The van der Waals surface area contributed by atoms with Crippen molar-refractivity contribution < 1.29 is 18.0 Å². The van der Waals surface area contributed by atoms with Crippen molar-refractivity contribution in [2.75, 3.05) is 0 Å². The molecule has 0 aromatic carbocycles. The van der Waals surface area contributed by atoms with Gasteiger partial charge in [0.15, 0.2) is 0 Å². The monoisotopic (exact) mass is 345 g/mol. The molecule has 11 heteroatoms. The van der Waals surface area contributed by atoms with Gasteiger partial charge in [-0.1, -0.05) is 20.8 Å². The van der Waals surface area contributed by atoms with Crippen molar-refractivity contribution in [2.45, 2.75) is 46.8 Å². The Kier molecular flexibility index (Phi) is 4.38. The van der Waals surface area contributed by atoms with E-state index in [2.05, 4.69) is 25.5 Å². The van der Waals surface area contributed by atoms with E-state index in [9.17, 15) is 18.0 Å². The van der Waals surface area contributed by atoms with E-state index in [1.165, 1.54) is 6.92 Å². The first-order valence-corrected chi connectivity index (χ1v) is 7.14. The van der Waals surface area contributed by atoms with Crippen molar-refractivity contribution in [3.63, 3.8) is 0 Å². The van der Waals surface area contributed by atoms with E-state index in [-0.39, 0.29) is 29.1 Å². The van der Waals surface area contributed by atoms with Crippen LogP contribution in [0.2, 0.25) is 0 Å². The van der Waals surface area contributed by atoms with Crippen molar-refractivity contribution in [2.24, 2.45) is 5.41 Å². The van der Waals surface area contributed by atoms with E-state index < -0.39 is 17.9 Å². The van der Waals surface area contributed by atoms with Crippen molar-refractivity contribution in [1.29, 1.82) is 0 Å². The van der Waals surface area contributed by atoms with Gasteiger partial charge in [0.2, 0.25) is 11.6 Å². The molecule has 0 unspecified atom stereocenters. The number of H-pyrrole nitrogens is 1. The number of carbonyl (C=O) groups excluding carboxylic acids is 1. The van der Waals surface area contributed by atoms with Crippen LogP contribution < -0.4 is 5.32 Å². The molecular formula is C13H18F3N7O. The molecule has 0 aliphatic rings. The molecule has 1 amide bonds. The van der Waals surface area contributed by atoms with Crippen molar-refractivity contribution in [3.8, 4) is 5.95 Å². The Bertz CT molecular complexity index is 742. The first-order valence-electron chi connectivity index (χ1n) is 7.14. The highest BCUT2D eigenvalue weighted by atomic mass is 19.4. The van der Waals surface area contributed by atoms with Crippen molar-refractivity contribution in [1.82, 2.24) is 35.3 Å². The fourth-order valence-electron chi connectivity index (χ4n) is 1.63. The quantitative estimate of drug-likeness (QED) is 0.884. The molecule has 132 valence electrons. The van der Waals surface area contributed by atoms with Crippen LogP contribution in [-0.4, -0.2) is 41.9 Å². The fourth-order valence-corrected chi connectivity index (χ4v) is 1.63. The first-order chi connectivity index (χ1) is 10.9. The normalized spacial score (nSPS) is 13.8. The second-order valence-corrected chi connectivity index (χ2v) is 6.44. The zero-order valence-corrected chi connectivity index (χ0v) is 13.9. The SMILES string of the molecule is Cc1nc(C(=O)N[C@H](C)C(C)(C)C)nn1-c1n[nH]c(C(F)(F)F)n1. The molecule has 2 aromatic heterocycles. The summed E-state index contributed by atoms with van der Waals surface area (Å²) < 4.78 is 38.7. The van der Waals surface area contributed by atoms with Gasteiger partial charge >= 0.3 is 6.18 Å². The Labute approximate surface area is 135 Å². The highest BCUT2D eigenvalue weighted by molar-refractivity contribution is 5.90. The van der Waals surface area contributed by atoms with E-state index >= 15 is 0 Å². The van der Waals surface area contributed by atoms with Crippen molar-refractivity contribution in [3.05, 3.63) is 17.5 Å². The Morgan fingerprint density at radius 3 is 2.38 bits per heavy atom. The second kappa shape index (κ2) is 5.87. The average molecular weight is 345 g/mol. The third-order valence-electron chi connectivity index (χ3n) is 3.55. The van der Waals surface area contributed by atoms with Gasteiger partial charge in [-0.3, -0.25) is 9.89 Å². The highest BCUT2D eigenvalue weighted by Crippen LogP contribution is 2.26. The molecule has 1 atom stereocenters. The van der Waals surface area contributed by atoms with Gasteiger partial charge in [-0.2, -0.15) is 22.8 Å². The Morgan fingerprint density at radius 1 is 1.25 bits per heavy atom. The number of rotatable bonds is 3. The van der Waals surface area contributed by atoms with E-state index in [0.29, 0.717) is 0 Å². The molecule has 0 aliphatic heterocycles. The molecule has 0 saturated heterocycles. The summed E-state index contributed by atoms with van der Waals surface area (Å²) in [6, 6.07) is -0.155. The Hall–Kier alpha value is -2.46. The molecule has 0 aliphatic carbocycles. The van der Waals surface area contributed by atoms with Crippen molar-refractivity contribution >= 4 is 5.91 Å². The van der Waals surface area contributed by atoms with Crippen LogP contribution in [0.3, 0.4) is 0 Å². The third-order valence-corrected chi connectivity index (χ3v) is 3.55. The number of aromatic nitrogens is 6. The lowest BCUT2D eigenvalue weighted by atomic mass is 9.88. The lowest BCUT2D eigenvalue weighted by Gasteiger charge is -2.27. The minimum Gasteiger partial charge on any atom is -0.346 e. The average Bonchev–Trinajstić information content (AvgIpc) is 3.02. The highest BCUT2D eigenvalue weighted by Gasteiger charge is 2.36. The van der Waals surface area contributed by atoms with Gasteiger partial charge in [0.05, 0.1) is 0 Å². The van der Waals surface area contributed by atoms with E-state index in [1.54, 1.807) is 5.10 Å². The molecule has 0 spiro atoms. The predicted octanol–water partition coefficient (Wildman–Crippen LogP) is 1.88. The van der Waals surface area contributed by atoms with E-state index in [0.717, 1.165) is 4.68 Å². The number of hydrogen-bond donors (Lipinski definition) is 2. The molecule has 24 heavy (non-hydrogen) atoms. The van der Waals surface area contributed by atoms with Crippen LogP contribution in [0.15, 0.2) is 0 Å². The largest absolute Gasteiger partial charge is 0.451 e. The molecule has 2 rings (SSSR count). The third kappa shape index (κ3) is 3.71. The van der Waals surface area contributed by atoms with Gasteiger partial charge in [-0.25, -0.2) is 4.98 Å². The molecular weight excluding hydrogens is 327 g/mol. The smallest absolute Gasteiger partial charge is 0.346 e. The Morgan fingerprint density at radius 2 is 1.88 bits per heavy atom. The summed E-state index contributed by atoms with van der Waals surface area (Å²) in [5.74, 6) is -2.08. The van der Waals surface area contributed by atoms with Crippen LogP contribution in [0.5, 0.6) is 0 Å². The summed E-state index contributed by atoms with van der Waals surface area (Å²) in [5.41, 5.74) is -0.168. The van der Waals surface area contributed by atoms with Gasteiger partial charge in [-0.15, -0.1) is 10.2 Å². The van der Waals surface area contributed by atoms with Crippen LogP contribution >= 0.6 is 0 Å². The van der Waals surface area contributed by atoms with Gasteiger partial charge in [0.1, 0.15) is 5.82 Å². The number of halogens is 3. The maximum absolute atomic E-state index is 12.6. The topological polar surface area (TPSA) is 101 Å². The number of nitrogens with one attached hydrogen (secondary N) is 2. The summed E-state index contributed by atoms with van der Waals surface area (Å²) in [6.07, 6.45) is -4.65. The fraction of sp³-hybridized carbons (Fsp3) is 0.615. The summed E-state index contributed by atoms with van der Waals surface area (Å²) in [5, 5.41) is 11.9. The zero-order valence-electron chi connectivity index (χ0n) is 13.9. The number of amides is 1. The number of aryl methyl sites for hydroxylation is 1. The summed E-state index contributed by atoms with van der Waals surface area (Å²) in [6.45, 7) is 9.21. The maximum atomic E-state index is 12.6. The van der Waals surface area contributed by atoms with Crippen LogP contribution in [0.1, 0.15) is 50.0 Å². The van der Waals surface area contributed by atoms with Gasteiger partial charge in [0, 0.05) is 6.04 Å². The number of aromatic amines is 1. The Balaban J connectivity index is 2.24. The summed E-state index contributed by atoms with van der Waals surface area (Å²) >= 11 is 0. The first kappa shape index (κ1) is 17.9. The molecule has 2 heterocycles.